The molecule has 6 aromatic carbocycles. The van der Waals surface area contributed by atoms with E-state index in [0.717, 1.165) is 142 Å². The molecule has 6 aromatic rings. The van der Waals surface area contributed by atoms with Crippen LogP contribution in [0, 0.1) is 11.8 Å². The smallest absolute Gasteiger partial charge is 0.226 e. The van der Waals surface area contributed by atoms with Crippen LogP contribution < -0.4 is 48.5 Å². The summed E-state index contributed by atoms with van der Waals surface area (Å²) in [5.74, 6) is -1.47. The average molecular weight is 1610 g/mol. The number of aliphatic hydroxyl groups is 4. The largest absolute Gasteiger partial charge is 0.497 e. The molecular formula is C89H133N13O14. The van der Waals surface area contributed by atoms with Crippen molar-refractivity contribution in [3.05, 3.63) is 167 Å². The number of ether oxygens (including phenoxy) is 8. The number of hydrogen-bond donors (Lipinski definition) is 6. The van der Waals surface area contributed by atoms with Gasteiger partial charge in [-0.05, 0) is 124 Å². The van der Waals surface area contributed by atoms with Gasteiger partial charge in [-0.2, -0.15) is 0 Å². The van der Waals surface area contributed by atoms with Crippen molar-refractivity contribution < 1.29 is 67.9 Å². The van der Waals surface area contributed by atoms with Crippen LogP contribution in [-0.2, 0) is 32.0 Å². The average Bonchev–Trinajstić information content (AvgIpc) is 1.50. The van der Waals surface area contributed by atoms with Crippen molar-refractivity contribution in [1.82, 2.24) is 64.5 Å². The Morgan fingerprint density at radius 2 is 0.578 bits per heavy atom. The van der Waals surface area contributed by atoms with Crippen LogP contribution in [0.3, 0.4) is 0 Å². The molecule has 2 heterocycles. The van der Waals surface area contributed by atoms with E-state index >= 15 is 0 Å². The van der Waals surface area contributed by atoms with Crippen molar-refractivity contribution in [2.45, 2.75) is 46.4 Å². The summed E-state index contributed by atoms with van der Waals surface area (Å²) in [6, 6.07) is 40.1. The minimum Gasteiger partial charge on any atom is -0.497 e. The number of carbonyl (C=O) groups excluding carboxylic acids is 2. The molecule has 10 rings (SSSR count). The third-order valence-electron chi connectivity index (χ3n) is 24.7. The van der Waals surface area contributed by atoms with Gasteiger partial charge in [0.1, 0.15) is 58.2 Å². The molecule has 6 N–H and O–H groups in total. The molecule has 116 heavy (non-hydrogen) atoms. The Labute approximate surface area is 689 Å². The summed E-state index contributed by atoms with van der Waals surface area (Å²) in [4.78, 5) is 55.5. The van der Waals surface area contributed by atoms with Gasteiger partial charge in [-0.15, -0.1) is 0 Å². The molecule has 10 atom stereocenters. The standard InChI is InChI=1S/C89H133N13O14/c1-92(38-36-90-84(105)76-78(64-24-20-18-21-25-64)88(66-28-32-68(109-12)33-29-66)86(107,82(76)103)80-72(113-16)60-70(111-14)62-74(80)115-88)40-42-94(3)44-46-96(5)48-50-98(7)52-54-100(9)56-58-102(11)59-57-101(10)55-53-99(8)51-49-97(6)47-45-95(4)43-41-93(2)39-37-91-85(106)77-79(65-26-22-19-23-27-65)89(67-30-34-69(110-13)35-31-67)87(108,83(77)104)81-73(114-17)61-71(112-15)63-75(81)116-89/h18-35,60-63,76-79,82-83,103-104,107-108H,36-59H2,1-17H3,(H,90,105)(H,91,106)/t76-,77-,78-,79-,82-,83-,86+,87+,88+,89+/m1/s1. The maximum absolute atomic E-state index is 14.7. The van der Waals surface area contributed by atoms with E-state index < -0.39 is 58.3 Å². The number of methoxy groups -OCH3 is 6. The number of hydrogen-bond acceptors (Lipinski definition) is 25. The predicted octanol–water partition coefficient (Wildman–Crippen LogP) is 4.42. The lowest BCUT2D eigenvalue weighted by Gasteiger charge is -2.40. The zero-order valence-electron chi connectivity index (χ0n) is 71.9. The molecule has 0 bridgehead atoms. The molecule has 0 unspecified atom stereocenters. The minimum absolute atomic E-state index is 0.254. The lowest BCUT2D eigenvalue weighted by molar-refractivity contribution is -0.154. The number of amides is 2. The van der Waals surface area contributed by atoms with Gasteiger partial charge in [-0.25, -0.2) is 0 Å². The number of aliphatic hydroxyl groups excluding tert-OH is 2. The normalized spacial score (nSPS) is 22.7. The second kappa shape index (κ2) is 41.2. The SMILES string of the molecule is COc1ccc([C@@]23Oc4cc(OC)cc(OC)c4[C@]2(O)[C@H](O)[C@H](C(=O)NCCN(C)CCN(C)CCN(C)CCN(C)CCN(C)CCN(C)CCN(C)CCN(C)CCN(C)CCN(C)CCN(C)CCNC(=O)[C@H]2[C@@H](O)[C@@]4(O)c5c(OC)cc(OC)cc5O[C@@]4(c4ccc(OC)cc4)[C@@H]2c2ccccc2)[C@H]3c2ccccc2)cc1. The number of nitrogens with zero attached hydrogens (tertiary/aromatic N) is 11. The van der Waals surface area contributed by atoms with Gasteiger partial charge in [0.05, 0.1) is 65.6 Å². The topological polar surface area (TPSA) is 249 Å². The Kier molecular flexibility index (Phi) is 32.1. The third kappa shape index (κ3) is 20.0. The second-order valence-corrected chi connectivity index (χ2v) is 32.7. The number of fused-ring (bicyclic) bond motifs is 6. The fourth-order valence-corrected chi connectivity index (χ4v) is 17.2. The van der Waals surface area contributed by atoms with E-state index in [1.807, 2.05) is 84.9 Å². The van der Waals surface area contributed by atoms with Crippen molar-refractivity contribution in [1.29, 1.82) is 0 Å². The summed E-state index contributed by atoms with van der Waals surface area (Å²) in [7, 11) is 33.1. The van der Waals surface area contributed by atoms with Crippen LogP contribution in [0.5, 0.6) is 46.0 Å². The van der Waals surface area contributed by atoms with Crippen molar-refractivity contribution in [3.8, 4) is 46.0 Å². The van der Waals surface area contributed by atoms with Gasteiger partial charge >= 0.3 is 0 Å². The Hall–Kier alpha value is -7.94. The highest BCUT2D eigenvalue weighted by Crippen LogP contribution is 2.72. The molecule has 2 fully saturated rings. The van der Waals surface area contributed by atoms with E-state index in [0.29, 0.717) is 71.8 Å². The highest BCUT2D eigenvalue weighted by atomic mass is 16.6. The number of benzene rings is 6. The Morgan fingerprint density at radius 3 is 0.810 bits per heavy atom. The molecule has 638 valence electrons. The number of nitrogens with one attached hydrogen (secondary N) is 2. The first-order valence-electron chi connectivity index (χ1n) is 40.9. The second-order valence-electron chi connectivity index (χ2n) is 32.7. The number of likely N-dealkylation sites (N-methyl/N-ethyl adjacent to an activating group) is 11. The quantitative estimate of drug-likeness (QED) is 0.0309. The van der Waals surface area contributed by atoms with Crippen LogP contribution in [0.2, 0.25) is 0 Å². The van der Waals surface area contributed by atoms with Crippen LogP contribution in [0.4, 0.5) is 0 Å². The van der Waals surface area contributed by atoms with Crippen molar-refractivity contribution in [2.75, 3.05) is 277 Å². The van der Waals surface area contributed by atoms with Gasteiger partial charge in [0.15, 0.2) is 22.4 Å². The molecule has 0 saturated heterocycles. The molecule has 2 aliphatic carbocycles. The van der Waals surface area contributed by atoms with E-state index in [4.69, 9.17) is 37.9 Å². The fourth-order valence-electron chi connectivity index (χ4n) is 17.2. The van der Waals surface area contributed by atoms with Crippen LogP contribution in [-0.4, -0.2) is 376 Å². The maximum atomic E-state index is 14.7. The summed E-state index contributed by atoms with van der Waals surface area (Å²) < 4.78 is 48.0. The molecular weight excluding hydrogens is 1480 g/mol. The number of carbonyl (C=O) groups is 2. The Morgan fingerprint density at radius 1 is 0.336 bits per heavy atom. The van der Waals surface area contributed by atoms with Gasteiger partial charge in [-0.1, -0.05) is 84.9 Å². The van der Waals surface area contributed by atoms with Gasteiger partial charge in [-0.3, -0.25) is 9.59 Å². The summed E-state index contributed by atoms with van der Waals surface area (Å²) in [6.07, 6.45) is -3.22. The van der Waals surface area contributed by atoms with Crippen molar-refractivity contribution >= 4 is 11.8 Å². The first-order valence-corrected chi connectivity index (χ1v) is 40.9. The number of rotatable bonds is 48. The van der Waals surface area contributed by atoms with E-state index in [1.165, 1.54) is 14.2 Å². The Bertz CT molecular complexity index is 3810. The Balaban J connectivity index is 0.559. The van der Waals surface area contributed by atoms with Crippen molar-refractivity contribution in [2.24, 2.45) is 11.8 Å². The molecule has 27 heteroatoms. The molecule has 4 aliphatic rings. The zero-order valence-corrected chi connectivity index (χ0v) is 71.9. The minimum atomic E-state index is -2.13. The van der Waals surface area contributed by atoms with Crippen LogP contribution in [0.1, 0.15) is 45.2 Å². The molecule has 2 aliphatic heterocycles. The molecule has 2 saturated carbocycles. The first-order chi connectivity index (χ1) is 55.6. The summed E-state index contributed by atoms with van der Waals surface area (Å²) in [6.45, 7) is 20.9. The zero-order chi connectivity index (χ0) is 83.7. The van der Waals surface area contributed by atoms with E-state index in [2.05, 4.69) is 142 Å². The molecule has 27 nitrogen and oxygen atoms in total. The van der Waals surface area contributed by atoms with Crippen LogP contribution >= 0.6 is 0 Å². The van der Waals surface area contributed by atoms with Crippen molar-refractivity contribution in [3.63, 3.8) is 0 Å². The third-order valence-corrected chi connectivity index (χ3v) is 24.7. The lowest BCUT2D eigenvalue weighted by Crippen LogP contribution is -2.52. The highest BCUT2D eigenvalue weighted by molar-refractivity contribution is 5.84. The van der Waals surface area contributed by atoms with Gasteiger partial charge < -0.3 is 123 Å². The van der Waals surface area contributed by atoms with Crippen LogP contribution in [0.25, 0.3) is 0 Å². The predicted molar refractivity (Wildman–Crippen MR) is 453 cm³/mol. The molecule has 2 amide bonds. The lowest BCUT2D eigenvalue weighted by atomic mass is 9.70. The summed E-state index contributed by atoms with van der Waals surface area (Å²) in [5, 5.41) is 58.3. The van der Waals surface area contributed by atoms with Gasteiger partial charge in [0.2, 0.25) is 11.8 Å². The fraction of sp³-hybridized carbons (Fsp3) is 0.573. The van der Waals surface area contributed by atoms with E-state index in [-0.39, 0.29) is 34.4 Å². The van der Waals surface area contributed by atoms with E-state index in [9.17, 15) is 30.0 Å². The summed E-state index contributed by atoms with van der Waals surface area (Å²) in [5.41, 5.74) is -4.53. The van der Waals surface area contributed by atoms with Crippen LogP contribution in [0.15, 0.2) is 133 Å². The van der Waals surface area contributed by atoms with Gasteiger partial charge in [0, 0.05) is 193 Å². The van der Waals surface area contributed by atoms with Gasteiger partial charge in [0.25, 0.3) is 0 Å². The molecule has 0 spiro atoms. The monoisotopic (exact) mass is 1610 g/mol. The molecule has 0 radical (unpaired) electrons. The summed E-state index contributed by atoms with van der Waals surface area (Å²) >= 11 is 0. The first kappa shape index (κ1) is 90.4. The van der Waals surface area contributed by atoms with E-state index in [1.54, 1.807) is 77.0 Å². The molecule has 0 aromatic heterocycles. The highest BCUT2D eigenvalue weighted by Gasteiger charge is 2.80. The maximum Gasteiger partial charge on any atom is 0.226 e.